The van der Waals surface area contributed by atoms with E-state index in [4.69, 9.17) is 18.9 Å². The minimum absolute atomic E-state index is 0.203. The summed E-state index contributed by atoms with van der Waals surface area (Å²) in [4.78, 5) is 0. The Kier molecular flexibility index (Phi) is 9.41. The average molecular weight is 297 g/mol. The molecule has 0 saturated carbocycles. The zero-order valence-electron chi connectivity index (χ0n) is 9.66. The maximum Gasteiger partial charge on any atom is 0.181 e. The van der Waals surface area contributed by atoms with Gasteiger partial charge < -0.3 is 18.9 Å². The summed E-state index contributed by atoms with van der Waals surface area (Å²) >= 11 is 3.40. The maximum atomic E-state index is 5.43. The number of unbranched alkanes of at least 4 members (excludes halogenated alkanes) is 2. The molecule has 0 N–H and O–H groups in total. The van der Waals surface area contributed by atoms with E-state index in [0.29, 0.717) is 33.0 Å². The van der Waals surface area contributed by atoms with Gasteiger partial charge in [0.1, 0.15) is 0 Å². The summed E-state index contributed by atoms with van der Waals surface area (Å²) in [5, 5.41) is 1.08. The lowest BCUT2D eigenvalue weighted by molar-refractivity contribution is -0.215. The van der Waals surface area contributed by atoms with E-state index < -0.39 is 0 Å². The monoisotopic (exact) mass is 296 g/mol. The molecule has 5 heteroatoms. The van der Waals surface area contributed by atoms with Gasteiger partial charge in [0, 0.05) is 11.9 Å². The van der Waals surface area contributed by atoms with Gasteiger partial charge in [0.15, 0.2) is 6.29 Å². The van der Waals surface area contributed by atoms with Crippen molar-refractivity contribution in [3.63, 3.8) is 0 Å². The van der Waals surface area contributed by atoms with Gasteiger partial charge in [0.2, 0.25) is 0 Å². The van der Waals surface area contributed by atoms with Crippen LogP contribution in [0.1, 0.15) is 19.3 Å². The van der Waals surface area contributed by atoms with Crippen LogP contribution in [0.2, 0.25) is 0 Å². The zero-order chi connectivity index (χ0) is 11.5. The van der Waals surface area contributed by atoms with E-state index in [9.17, 15) is 0 Å². The van der Waals surface area contributed by atoms with Crippen LogP contribution in [-0.4, -0.2) is 51.3 Å². The van der Waals surface area contributed by atoms with E-state index in [1.54, 1.807) is 0 Å². The Labute approximate surface area is 106 Å². The number of hydrogen-bond donors (Lipinski definition) is 0. The van der Waals surface area contributed by atoms with Crippen LogP contribution in [-0.2, 0) is 18.9 Å². The summed E-state index contributed by atoms with van der Waals surface area (Å²) in [6.45, 7) is 3.85. The highest BCUT2D eigenvalue weighted by Gasteiger charge is 2.13. The van der Waals surface area contributed by atoms with Crippen molar-refractivity contribution in [2.75, 3.05) is 45.0 Å². The molecule has 16 heavy (non-hydrogen) atoms. The highest BCUT2D eigenvalue weighted by atomic mass is 79.9. The fraction of sp³-hybridized carbons (Fsp3) is 1.00. The van der Waals surface area contributed by atoms with Gasteiger partial charge >= 0.3 is 0 Å². The molecule has 1 unspecified atom stereocenters. The Morgan fingerprint density at radius 2 is 2.00 bits per heavy atom. The predicted octanol–water partition coefficient (Wildman–Crippen LogP) is 1.96. The third-order valence-corrected chi connectivity index (χ3v) is 2.80. The molecule has 0 bridgehead atoms. The van der Waals surface area contributed by atoms with Crippen molar-refractivity contribution in [2.24, 2.45) is 0 Å². The van der Waals surface area contributed by atoms with Gasteiger partial charge in [-0.05, 0) is 12.8 Å². The molecule has 0 aliphatic carbocycles. The quantitative estimate of drug-likeness (QED) is 0.481. The highest BCUT2D eigenvalue weighted by Crippen LogP contribution is 2.02. The Hall–Kier alpha value is 0.320. The normalized spacial score (nSPS) is 21.2. The van der Waals surface area contributed by atoms with Crippen LogP contribution in [0.25, 0.3) is 0 Å². The van der Waals surface area contributed by atoms with E-state index in [-0.39, 0.29) is 6.29 Å². The Bertz CT molecular complexity index is 151. The van der Waals surface area contributed by atoms with E-state index in [1.165, 1.54) is 12.8 Å². The summed E-state index contributed by atoms with van der Waals surface area (Å²) in [5.41, 5.74) is 0. The molecule has 0 spiro atoms. The number of ether oxygens (including phenoxy) is 4. The molecule has 1 saturated heterocycles. The Morgan fingerprint density at radius 1 is 1.06 bits per heavy atom. The average Bonchev–Trinajstić information content (AvgIpc) is 2.34. The van der Waals surface area contributed by atoms with Gasteiger partial charge in [-0.3, -0.25) is 0 Å². The summed E-state index contributed by atoms with van der Waals surface area (Å²) in [6.07, 6.45) is 3.35. The molecule has 0 aromatic carbocycles. The van der Waals surface area contributed by atoms with Crippen LogP contribution in [0.4, 0.5) is 0 Å². The standard InChI is InChI=1S/C11H21BrO4/c12-4-2-1-3-5-13-6-8-15-11-10-14-7-9-16-11/h11H,1-10H2. The van der Waals surface area contributed by atoms with Crippen molar-refractivity contribution in [3.05, 3.63) is 0 Å². The van der Waals surface area contributed by atoms with E-state index in [2.05, 4.69) is 15.9 Å². The van der Waals surface area contributed by atoms with Crippen molar-refractivity contribution in [2.45, 2.75) is 25.6 Å². The summed E-state index contributed by atoms with van der Waals surface area (Å²) in [5.74, 6) is 0. The van der Waals surface area contributed by atoms with E-state index in [1.807, 2.05) is 0 Å². The van der Waals surface area contributed by atoms with Crippen LogP contribution in [0.3, 0.4) is 0 Å². The lowest BCUT2D eigenvalue weighted by atomic mass is 10.3. The molecule has 1 rings (SSSR count). The maximum absolute atomic E-state index is 5.43. The van der Waals surface area contributed by atoms with Gasteiger partial charge in [-0.25, -0.2) is 0 Å². The number of halogens is 1. The first-order valence-corrected chi connectivity index (χ1v) is 7.00. The predicted molar refractivity (Wildman–Crippen MR) is 65.0 cm³/mol. The lowest BCUT2D eigenvalue weighted by Crippen LogP contribution is -2.31. The SMILES string of the molecule is BrCCCCCOCCOC1COCCO1. The third kappa shape index (κ3) is 7.57. The Morgan fingerprint density at radius 3 is 2.75 bits per heavy atom. The summed E-state index contributed by atoms with van der Waals surface area (Å²) in [7, 11) is 0. The van der Waals surface area contributed by atoms with Gasteiger partial charge in [-0.1, -0.05) is 22.4 Å². The van der Waals surface area contributed by atoms with Crippen molar-refractivity contribution < 1.29 is 18.9 Å². The third-order valence-electron chi connectivity index (χ3n) is 2.24. The smallest absolute Gasteiger partial charge is 0.181 e. The van der Waals surface area contributed by atoms with Gasteiger partial charge in [-0.15, -0.1) is 0 Å². The lowest BCUT2D eigenvalue weighted by Gasteiger charge is -2.22. The highest BCUT2D eigenvalue weighted by molar-refractivity contribution is 9.09. The Balaban J connectivity index is 1.77. The second-order valence-corrected chi connectivity index (χ2v) is 4.40. The van der Waals surface area contributed by atoms with Crippen molar-refractivity contribution in [1.82, 2.24) is 0 Å². The second-order valence-electron chi connectivity index (χ2n) is 3.61. The van der Waals surface area contributed by atoms with Crippen LogP contribution >= 0.6 is 15.9 Å². The number of alkyl halides is 1. The summed E-state index contributed by atoms with van der Waals surface area (Å²) < 4.78 is 21.4. The first kappa shape index (κ1) is 14.4. The molecule has 0 amide bonds. The van der Waals surface area contributed by atoms with Crippen LogP contribution < -0.4 is 0 Å². The minimum atomic E-state index is -0.203. The molecule has 1 heterocycles. The molecule has 1 aliphatic rings. The topological polar surface area (TPSA) is 36.9 Å². The molecular weight excluding hydrogens is 276 g/mol. The zero-order valence-corrected chi connectivity index (χ0v) is 11.2. The molecule has 0 aromatic rings. The number of rotatable bonds is 9. The van der Waals surface area contributed by atoms with Crippen LogP contribution in [0.15, 0.2) is 0 Å². The first-order chi connectivity index (χ1) is 7.93. The number of hydrogen-bond acceptors (Lipinski definition) is 4. The van der Waals surface area contributed by atoms with Crippen LogP contribution in [0.5, 0.6) is 0 Å². The molecule has 1 aliphatic heterocycles. The second kappa shape index (κ2) is 10.5. The van der Waals surface area contributed by atoms with Gasteiger partial charge in [-0.2, -0.15) is 0 Å². The fourth-order valence-corrected chi connectivity index (χ4v) is 1.77. The molecule has 1 atom stereocenters. The molecule has 96 valence electrons. The van der Waals surface area contributed by atoms with Crippen molar-refractivity contribution in [1.29, 1.82) is 0 Å². The largest absolute Gasteiger partial charge is 0.379 e. The molecule has 4 nitrogen and oxygen atoms in total. The van der Waals surface area contributed by atoms with E-state index >= 15 is 0 Å². The first-order valence-electron chi connectivity index (χ1n) is 5.88. The minimum Gasteiger partial charge on any atom is -0.379 e. The molecular formula is C11H21BrO4. The molecule has 0 radical (unpaired) electrons. The summed E-state index contributed by atoms with van der Waals surface area (Å²) in [6, 6.07) is 0. The molecule has 1 fully saturated rings. The van der Waals surface area contributed by atoms with Gasteiger partial charge in [0.25, 0.3) is 0 Å². The van der Waals surface area contributed by atoms with E-state index in [0.717, 1.165) is 18.4 Å². The van der Waals surface area contributed by atoms with Crippen molar-refractivity contribution in [3.8, 4) is 0 Å². The van der Waals surface area contributed by atoms with Gasteiger partial charge in [0.05, 0.1) is 33.0 Å². The van der Waals surface area contributed by atoms with Crippen molar-refractivity contribution >= 4 is 15.9 Å². The molecule has 0 aromatic heterocycles. The van der Waals surface area contributed by atoms with Crippen LogP contribution in [0, 0.1) is 0 Å². The fourth-order valence-electron chi connectivity index (χ4n) is 1.38.